The third-order valence-corrected chi connectivity index (χ3v) is 6.15. The van der Waals surface area contributed by atoms with Gasteiger partial charge in [-0.15, -0.1) is 0 Å². The molecule has 0 amide bonds. The maximum absolute atomic E-state index is 14.5. The van der Waals surface area contributed by atoms with Crippen LogP contribution in [0.3, 0.4) is 0 Å². The Labute approximate surface area is 185 Å². The summed E-state index contributed by atoms with van der Waals surface area (Å²) in [5.41, 5.74) is 1.20. The average molecular weight is 456 g/mol. The minimum absolute atomic E-state index is 0.000548. The Hall–Kier alpha value is -2.15. The number of benzene rings is 2. The highest BCUT2D eigenvalue weighted by Gasteiger charge is 2.33. The third-order valence-electron chi connectivity index (χ3n) is 6.15. The average Bonchev–Trinajstić information content (AvgIpc) is 2.76. The number of rotatable bonds is 10. The Kier molecular flexibility index (Phi) is 8.51. The molecule has 0 saturated heterocycles. The molecular weight excluding hydrogens is 427 g/mol. The molecule has 1 saturated carbocycles. The second-order valence-electron chi connectivity index (χ2n) is 8.39. The first kappa shape index (κ1) is 24.5. The van der Waals surface area contributed by atoms with Gasteiger partial charge in [-0.05, 0) is 67.2 Å². The summed E-state index contributed by atoms with van der Waals surface area (Å²) in [5.74, 6) is -0.365. The van der Waals surface area contributed by atoms with Crippen LogP contribution in [-0.2, 0) is 17.3 Å². The molecule has 1 aliphatic carbocycles. The number of alkyl halides is 4. The van der Waals surface area contributed by atoms with E-state index in [1.165, 1.54) is 43.9 Å². The lowest BCUT2D eigenvalue weighted by Crippen LogP contribution is -2.20. The highest BCUT2D eigenvalue weighted by atomic mass is 19.3. The monoisotopic (exact) mass is 456 g/mol. The van der Waals surface area contributed by atoms with E-state index in [9.17, 15) is 22.0 Å². The van der Waals surface area contributed by atoms with Gasteiger partial charge in [0.15, 0.2) is 11.6 Å². The largest absolute Gasteiger partial charge is 0.432 e. The Balaban J connectivity index is 1.51. The van der Waals surface area contributed by atoms with E-state index in [0.717, 1.165) is 36.5 Å². The summed E-state index contributed by atoms with van der Waals surface area (Å²) in [5, 5.41) is 0. The van der Waals surface area contributed by atoms with Gasteiger partial charge in [-0.2, -0.15) is 17.6 Å². The van der Waals surface area contributed by atoms with E-state index in [1.54, 1.807) is 12.1 Å². The molecule has 2 aromatic rings. The molecule has 0 heterocycles. The minimum atomic E-state index is -3.48. The van der Waals surface area contributed by atoms with Crippen LogP contribution in [0.15, 0.2) is 42.5 Å². The van der Waals surface area contributed by atoms with Crippen LogP contribution in [-0.4, -0.2) is 13.2 Å². The molecule has 1 aliphatic rings. The van der Waals surface area contributed by atoms with Crippen molar-refractivity contribution in [2.75, 3.05) is 6.61 Å². The standard InChI is InChI=1S/C25H29F5O2/c1-2-3-17-4-7-19(8-5-17)20-9-11-21(12-10-20)25(29,30)31-15-14-18-6-13-23(22(26)16-18)32-24(27)28/h6,9-13,16-17,19,24H,2-5,7-8,14-15H2,1H3/t17-,19-. The zero-order valence-corrected chi connectivity index (χ0v) is 18.1. The van der Waals surface area contributed by atoms with Crippen LogP contribution in [0.5, 0.6) is 5.75 Å². The Bertz CT molecular complexity index is 846. The van der Waals surface area contributed by atoms with Crippen LogP contribution in [0.4, 0.5) is 22.0 Å². The molecule has 0 unspecified atom stereocenters. The topological polar surface area (TPSA) is 18.5 Å². The Morgan fingerprint density at radius 3 is 2.28 bits per heavy atom. The molecule has 7 heteroatoms. The maximum Gasteiger partial charge on any atom is 0.387 e. The molecule has 176 valence electrons. The predicted molar refractivity (Wildman–Crippen MR) is 113 cm³/mol. The molecule has 2 aromatic carbocycles. The first-order valence-corrected chi connectivity index (χ1v) is 11.1. The van der Waals surface area contributed by atoms with Crippen molar-refractivity contribution >= 4 is 0 Å². The number of hydrogen-bond donors (Lipinski definition) is 0. The van der Waals surface area contributed by atoms with Gasteiger partial charge in [-0.25, -0.2) is 4.39 Å². The molecule has 0 spiro atoms. The van der Waals surface area contributed by atoms with Crippen LogP contribution < -0.4 is 4.74 Å². The third kappa shape index (κ3) is 6.67. The smallest absolute Gasteiger partial charge is 0.387 e. The van der Waals surface area contributed by atoms with Crippen LogP contribution in [0.2, 0.25) is 0 Å². The highest BCUT2D eigenvalue weighted by Crippen LogP contribution is 2.38. The first-order chi connectivity index (χ1) is 15.3. The summed E-state index contributed by atoms with van der Waals surface area (Å²) in [4.78, 5) is 0. The van der Waals surface area contributed by atoms with Gasteiger partial charge in [-0.1, -0.05) is 50.1 Å². The minimum Gasteiger partial charge on any atom is -0.432 e. The maximum atomic E-state index is 14.5. The fourth-order valence-corrected chi connectivity index (χ4v) is 4.41. The summed E-state index contributed by atoms with van der Waals surface area (Å²) >= 11 is 0. The zero-order chi connectivity index (χ0) is 23.1. The van der Waals surface area contributed by atoms with Gasteiger partial charge < -0.3 is 9.47 Å². The number of hydrogen-bond acceptors (Lipinski definition) is 2. The SMILES string of the molecule is CCC[C@H]1CC[C@H](c2ccc(C(F)(F)OCCc3ccc(OC(F)F)c(F)c3)cc2)CC1. The van der Waals surface area contributed by atoms with Crippen molar-refractivity contribution in [1.82, 2.24) is 0 Å². The van der Waals surface area contributed by atoms with E-state index in [2.05, 4.69) is 11.7 Å². The molecule has 0 bridgehead atoms. The van der Waals surface area contributed by atoms with Gasteiger partial charge in [0.2, 0.25) is 0 Å². The van der Waals surface area contributed by atoms with Crippen molar-refractivity contribution in [3.63, 3.8) is 0 Å². The fourth-order valence-electron chi connectivity index (χ4n) is 4.41. The summed E-state index contributed by atoms with van der Waals surface area (Å²) in [7, 11) is 0. The molecule has 0 aromatic heterocycles. The zero-order valence-electron chi connectivity index (χ0n) is 18.1. The van der Waals surface area contributed by atoms with Gasteiger partial charge >= 0.3 is 12.7 Å². The van der Waals surface area contributed by atoms with Crippen LogP contribution >= 0.6 is 0 Å². The number of halogens is 5. The van der Waals surface area contributed by atoms with E-state index in [1.807, 2.05) is 0 Å². The van der Waals surface area contributed by atoms with Gasteiger partial charge in [-0.3, -0.25) is 0 Å². The normalized spacial score (nSPS) is 19.3. The molecular formula is C25H29F5O2. The summed E-state index contributed by atoms with van der Waals surface area (Å²) in [6.07, 6.45) is 3.55. The summed E-state index contributed by atoms with van der Waals surface area (Å²) in [6.45, 7) is -1.29. The van der Waals surface area contributed by atoms with E-state index < -0.39 is 24.3 Å². The van der Waals surface area contributed by atoms with Crippen LogP contribution in [0.25, 0.3) is 0 Å². The van der Waals surface area contributed by atoms with Crippen molar-refractivity contribution in [2.24, 2.45) is 5.92 Å². The summed E-state index contributed by atoms with van der Waals surface area (Å²) < 4.78 is 75.8. The van der Waals surface area contributed by atoms with E-state index in [0.29, 0.717) is 11.5 Å². The quantitative estimate of drug-likeness (QED) is 0.340. The molecule has 1 fully saturated rings. The van der Waals surface area contributed by atoms with Gasteiger partial charge in [0, 0.05) is 0 Å². The summed E-state index contributed by atoms with van der Waals surface area (Å²) in [6, 6.07) is 9.69. The van der Waals surface area contributed by atoms with Crippen molar-refractivity contribution in [1.29, 1.82) is 0 Å². The fraction of sp³-hybridized carbons (Fsp3) is 0.520. The predicted octanol–water partition coefficient (Wildman–Crippen LogP) is 7.81. The van der Waals surface area contributed by atoms with E-state index >= 15 is 0 Å². The lowest BCUT2D eigenvalue weighted by atomic mass is 9.77. The van der Waals surface area contributed by atoms with Gasteiger partial charge in [0.1, 0.15) is 0 Å². The Morgan fingerprint density at radius 2 is 1.69 bits per heavy atom. The molecule has 0 N–H and O–H groups in total. The molecule has 3 rings (SSSR count). The van der Waals surface area contributed by atoms with Crippen molar-refractivity contribution in [3.05, 3.63) is 65.0 Å². The van der Waals surface area contributed by atoms with Gasteiger partial charge in [0.25, 0.3) is 0 Å². The van der Waals surface area contributed by atoms with Gasteiger partial charge in [0.05, 0.1) is 12.2 Å². The van der Waals surface area contributed by atoms with Crippen molar-refractivity contribution < 1.29 is 31.4 Å². The number of ether oxygens (including phenoxy) is 2. The first-order valence-electron chi connectivity index (χ1n) is 11.1. The molecule has 0 atom stereocenters. The van der Waals surface area contributed by atoms with Crippen molar-refractivity contribution in [2.45, 2.75) is 70.5 Å². The second kappa shape index (κ2) is 11.1. The van der Waals surface area contributed by atoms with Crippen LogP contribution in [0, 0.1) is 11.7 Å². The van der Waals surface area contributed by atoms with E-state index in [4.69, 9.17) is 4.74 Å². The highest BCUT2D eigenvalue weighted by molar-refractivity contribution is 5.30. The second-order valence-corrected chi connectivity index (χ2v) is 8.39. The molecule has 0 aliphatic heterocycles. The molecule has 0 radical (unpaired) electrons. The lowest BCUT2D eigenvalue weighted by Gasteiger charge is -2.29. The molecule has 32 heavy (non-hydrogen) atoms. The molecule has 2 nitrogen and oxygen atoms in total. The lowest BCUT2D eigenvalue weighted by molar-refractivity contribution is -0.248. The van der Waals surface area contributed by atoms with Crippen molar-refractivity contribution in [3.8, 4) is 5.75 Å². The van der Waals surface area contributed by atoms with Crippen LogP contribution in [0.1, 0.15) is 68.1 Å². The van der Waals surface area contributed by atoms with E-state index in [-0.39, 0.29) is 18.6 Å². The Morgan fingerprint density at radius 1 is 1.00 bits per heavy atom.